The van der Waals surface area contributed by atoms with Crippen molar-refractivity contribution in [2.45, 2.75) is 46.1 Å². The van der Waals surface area contributed by atoms with Crippen LogP contribution in [0.4, 0.5) is 0 Å². The van der Waals surface area contributed by atoms with Crippen LogP contribution < -0.4 is 15.9 Å². The van der Waals surface area contributed by atoms with E-state index in [4.69, 9.17) is 15.6 Å². The number of pyridine rings is 1. The van der Waals surface area contributed by atoms with Gasteiger partial charge in [0.15, 0.2) is 5.43 Å². The molecule has 35 heavy (non-hydrogen) atoms. The minimum absolute atomic E-state index is 0.0394. The number of allylic oxidation sites excluding steroid dienone is 1. The Morgan fingerprint density at radius 1 is 1.23 bits per heavy atom. The number of nitrogens with zero attached hydrogens (tertiary/aromatic N) is 2. The fraction of sp³-hybridized carbons (Fsp3) is 0.385. The molecule has 0 saturated heterocycles. The number of fused-ring (bicyclic) bond motifs is 3. The highest BCUT2D eigenvalue weighted by molar-refractivity contribution is 6.11. The second-order valence-electron chi connectivity index (χ2n) is 9.60. The van der Waals surface area contributed by atoms with Crippen molar-refractivity contribution in [2.24, 2.45) is 16.1 Å². The Hall–Kier alpha value is -3.88. The summed E-state index contributed by atoms with van der Waals surface area (Å²) in [6, 6.07) is 5.08. The Bertz CT molecular complexity index is 1270. The fourth-order valence-electron chi connectivity index (χ4n) is 4.33. The first-order valence-corrected chi connectivity index (χ1v) is 11.3. The van der Waals surface area contributed by atoms with Gasteiger partial charge in [0.2, 0.25) is 0 Å². The van der Waals surface area contributed by atoms with Crippen LogP contribution in [-0.4, -0.2) is 46.6 Å². The third-order valence-electron chi connectivity index (χ3n) is 6.16. The Balaban J connectivity index is 2.13. The average Bonchev–Trinajstić information content (AvgIpc) is 2.78. The van der Waals surface area contributed by atoms with E-state index >= 15 is 0 Å². The van der Waals surface area contributed by atoms with Crippen molar-refractivity contribution in [3.63, 3.8) is 0 Å². The van der Waals surface area contributed by atoms with E-state index in [2.05, 4.69) is 25.8 Å². The van der Waals surface area contributed by atoms with E-state index in [1.54, 1.807) is 6.21 Å². The summed E-state index contributed by atoms with van der Waals surface area (Å²) in [4.78, 5) is 39.2. The van der Waals surface area contributed by atoms with Gasteiger partial charge in [-0.05, 0) is 36.0 Å². The molecular weight excluding hydrogens is 450 g/mol. The summed E-state index contributed by atoms with van der Waals surface area (Å²) in [6.45, 7) is 6.57. The van der Waals surface area contributed by atoms with E-state index in [1.165, 1.54) is 25.6 Å². The van der Waals surface area contributed by atoms with E-state index in [0.717, 1.165) is 16.7 Å². The van der Waals surface area contributed by atoms with Crippen LogP contribution in [0.3, 0.4) is 0 Å². The Labute approximate surface area is 203 Å². The van der Waals surface area contributed by atoms with Gasteiger partial charge < -0.3 is 25.3 Å². The number of aliphatic carboxylic acids is 1. The molecule has 0 saturated carbocycles. The van der Waals surface area contributed by atoms with E-state index < -0.39 is 17.4 Å². The fourth-order valence-corrected chi connectivity index (χ4v) is 4.33. The van der Waals surface area contributed by atoms with E-state index in [-0.39, 0.29) is 23.4 Å². The standard InChI is InChI=1S/C26H31N3O6/c1-26(2,3)23-9-15-8-18(16(12-27)13-28-7-5-6-24(31)32)22(35-4)10-17(15)20-11-21(30)19(25(33)34)14-29(20)23/h8,10-14,23H,5-7,9,27H2,1-4H3,(H,31,32)(H,33,34). The molecule has 1 atom stereocenters. The number of aromatic nitrogens is 1. The molecule has 0 amide bonds. The second kappa shape index (κ2) is 10.2. The van der Waals surface area contributed by atoms with Crippen molar-refractivity contribution in [3.05, 3.63) is 57.5 Å². The lowest BCUT2D eigenvalue weighted by Crippen LogP contribution is -2.32. The van der Waals surface area contributed by atoms with Crippen molar-refractivity contribution in [2.75, 3.05) is 13.7 Å². The largest absolute Gasteiger partial charge is 0.496 e. The Kier molecular flexibility index (Phi) is 7.48. The van der Waals surface area contributed by atoms with E-state index in [1.807, 2.05) is 16.7 Å². The van der Waals surface area contributed by atoms with Crippen molar-refractivity contribution in [3.8, 4) is 17.0 Å². The highest BCUT2D eigenvalue weighted by Gasteiger charge is 2.34. The second-order valence-corrected chi connectivity index (χ2v) is 9.60. The number of rotatable bonds is 8. The summed E-state index contributed by atoms with van der Waals surface area (Å²) in [7, 11) is 1.53. The molecule has 186 valence electrons. The zero-order valence-electron chi connectivity index (χ0n) is 20.4. The van der Waals surface area contributed by atoms with Gasteiger partial charge in [0.1, 0.15) is 11.3 Å². The molecule has 1 aromatic carbocycles. The van der Waals surface area contributed by atoms with Crippen LogP contribution in [0.25, 0.3) is 16.8 Å². The zero-order valence-corrected chi connectivity index (χ0v) is 20.4. The van der Waals surface area contributed by atoms with Gasteiger partial charge in [-0.15, -0.1) is 0 Å². The molecule has 9 heteroatoms. The summed E-state index contributed by atoms with van der Waals surface area (Å²) in [6.07, 6.45) is 5.53. The molecule has 9 nitrogen and oxygen atoms in total. The summed E-state index contributed by atoms with van der Waals surface area (Å²) >= 11 is 0. The lowest BCUT2D eigenvalue weighted by Gasteiger charge is -2.39. The van der Waals surface area contributed by atoms with Gasteiger partial charge in [-0.2, -0.15) is 0 Å². The topological polar surface area (TPSA) is 144 Å². The van der Waals surface area contributed by atoms with Crippen LogP contribution in [-0.2, 0) is 11.2 Å². The van der Waals surface area contributed by atoms with E-state index in [9.17, 15) is 19.5 Å². The predicted molar refractivity (Wildman–Crippen MR) is 134 cm³/mol. The number of carboxylic acid groups (broad SMARTS) is 2. The number of ether oxygens (including phenoxy) is 1. The van der Waals surface area contributed by atoms with Gasteiger partial charge in [0, 0.05) is 60.4 Å². The summed E-state index contributed by atoms with van der Waals surface area (Å²) in [5.74, 6) is -1.60. The number of methoxy groups -OCH3 is 1. The van der Waals surface area contributed by atoms with Gasteiger partial charge in [-0.3, -0.25) is 14.6 Å². The summed E-state index contributed by atoms with van der Waals surface area (Å²) in [5.41, 5.74) is 8.60. The number of carbonyl (C=O) groups is 2. The molecule has 3 rings (SSSR count). The first kappa shape index (κ1) is 25.7. The highest BCUT2D eigenvalue weighted by Crippen LogP contribution is 2.44. The van der Waals surface area contributed by atoms with Crippen molar-refractivity contribution in [1.82, 2.24) is 4.57 Å². The number of hydrogen-bond acceptors (Lipinski definition) is 6. The maximum atomic E-state index is 12.6. The molecule has 0 aliphatic carbocycles. The Morgan fingerprint density at radius 2 is 1.94 bits per heavy atom. The average molecular weight is 482 g/mol. The molecule has 1 unspecified atom stereocenters. The third-order valence-corrected chi connectivity index (χ3v) is 6.16. The van der Waals surface area contributed by atoms with Crippen molar-refractivity contribution < 1.29 is 24.5 Å². The monoisotopic (exact) mass is 481 g/mol. The van der Waals surface area contributed by atoms with Gasteiger partial charge in [-0.25, -0.2) is 4.79 Å². The molecule has 1 aliphatic rings. The molecule has 0 fully saturated rings. The van der Waals surface area contributed by atoms with Crippen LogP contribution in [0.2, 0.25) is 0 Å². The molecule has 2 aromatic rings. The summed E-state index contributed by atoms with van der Waals surface area (Å²) < 4.78 is 7.52. The molecule has 1 aliphatic heterocycles. The minimum Gasteiger partial charge on any atom is -0.496 e. The summed E-state index contributed by atoms with van der Waals surface area (Å²) in [5, 5.41) is 18.3. The van der Waals surface area contributed by atoms with Crippen LogP contribution in [0.5, 0.6) is 5.75 Å². The normalized spacial score (nSPS) is 15.5. The number of hydrogen-bond donors (Lipinski definition) is 3. The molecule has 0 radical (unpaired) electrons. The minimum atomic E-state index is -1.25. The van der Waals surface area contributed by atoms with Gasteiger partial charge in [0.05, 0.1) is 12.8 Å². The zero-order chi connectivity index (χ0) is 25.9. The van der Waals surface area contributed by atoms with E-state index in [0.29, 0.717) is 36.4 Å². The third kappa shape index (κ3) is 5.45. The Morgan fingerprint density at radius 3 is 2.51 bits per heavy atom. The maximum absolute atomic E-state index is 12.6. The van der Waals surface area contributed by atoms with Crippen LogP contribution in [0.1, 0.15) is 61.1 Å². The van der Waals surface area contributed by atoms with Crippen molar-refractivity contribution in [1.29, 1.82) is 0 Å². The molecular formula is C26H31N3O6. The maximum Gasteiger partial charge on any atom is 0.341 e. The first-order valence-electron chi connectivity index (χ1n) is 11.3. The van der Waals surface area contributed by atoms with Crippen LogP contribution in [0.15, 0.2) is 40.4 Å². The van der Waals surface area contributed by atoms with Crippen LogP contribution in [0, 0.1) is 5.41 Å². The molecule has 2 heterocycles. The van der Waals surface area contributed by atoms with Crippen molar-refractivity contribution >= 4 is 23.7 Å². The SMILES string of the molecule is COc1cc2c(cc1C(C=NCCCC(=O)O)=CN)CC(C(C)(C)C)n1cc(C(=O)O)c(=O)cc1-2. The molecule has 4 N–H and O–H groups in total. The number of aromatic carboxylic acids is 1. The van der Waals surface area contributed by atoms with Crippen LogP contribution >= 0.6 is 0 Å². The number of benzene rings is 1. The van der Waals surface area contributed by atoms with Gasteiger partial charge >= 0.3 is 11.9 Å². The molecule has 0 spiro atoms. The number of nitrogens with two attached hydrogens (primary N) is 1. The van der Waals surface area contributed by atoms with Gasteiger partial charge in [-0.1, -0.05) is 20.8 Å². The lowest BCUT2D eigenvalue weighted by molar-refractivity contribution is -0.137. The smallest absolute Gasteiger partial charge is 0.341 e. The predicted octanol–water partition coefficient (Wildman–Crippen LogP) is 3.60. The number of carboxylic acids is 2. The lowest BCUT2D eigenvalue weighted by atomic mass is 9.78. The number of aliphatic imine (C=N–C) groups is 1. The quantitative estimate of drug-likeness (QED) is 0.386. The molecule has 0 bridgehead atoms. The first-order chi connectivity index (χ1) is 16.5. The molecule has 1 aromatic heterocycles. The highest BCUT2D eigenvalue weighted by atomic mass is 16.5. The van der Waals surface area contributed by atoms with Gasteiger partial charge in [0.25, 0.3) is 0 Å².